The zero-order valence-corrected chi connectivity index (χ0v) is 6.49. The molecule has 1 amide bonds. The number of cyclic esters (lactones) is 1. The van der Waals surface area contributed by atoms with Crippen LogP contribution in [0.15, 0.2) is 0 Å². The minimum Gasteiger partial charge on any atom is -0.456 e. The molecule has 2 heterocycles. The maximum atomic E-state index is 11.2. The van der Waals surface area contributed by atoms with Gasteiger partial charge in [0.25, 0.3) is 0 Å². The molecule has 0 aliphatic carbocycles. The first-order valence-corrected chi connectivity index (χ1v) is 3.84. The molecule has 5 heteroatoms. The molecule has 0 radical (unpaired) electrons. The van der Waals surface area contributed by atoms with Crippen LogP contribution < -0.4 is 0 Å². The van der Waals surface area contributed by atoms with Gasteiger partial charge in [0.15, 0.2) is 0 Å². The van der Waals surface area contributed by atoms with Gasteiger partial charge in [-0.15, -0.1) is 0 Å². The Labute approximate surface area is 69.2 Å². The van der Waals surface area contributed by atoms with Gasteiger partial charge in [0.05, 0.1) is 19.3 Å². The van der Waals surface area contributed by atoms with Crippen LogP contribution in [0, 0.1) is 0 Å². The van der Waals surface area contributed by atoms with Crippen molar-refractivity contribution in [3.8, 4) is 0 Å². The third-order valence-electron chi connectivity index (χ3n) is 2.07. The first kappa shape index (κ1) is 7.54. The second-order valence-corrected chi connectivity index (χ2v) is 2.83. The van der Waals surface area contributed by atoms with Crippen LogP contribution in [0.3, 0.4) is 0 Å². The van der Waals surface area contributed by atoms with Crippen molar-refractivity contribution in [2.24, 2.45) is 0 Å². The highest BCUT2D eigenvalue weighted by atomic mass is 16.5. The lowest BCUT2D eigenvalue weighted by Gasteiger charge is -2.37. The molecular formula is C7H9NO4. The number of esters is 1. The van der Waals surface area contributed by atoms with Crippen LogP contribution in [0.25, 0.3) is 0 Å². The topological polar surface area (TPSA) is 55.8 Å². The van der Waals surface area contributed by atoms with Crippen LogP contribution in [0.1, 0.15) is 0 Å². The SMILES string of the molecule is O=C1OCC2COCCN2C1=O. The number of amides is 1. The smallest absolute Gasteiger partial charge is 0.397 e. The summed E-state index contributed by atoms with van der Waals surface area (Å²) in [6, 6.07) is -0.0658. The lowest BCUT2D eigenvalue weighted by molar-refractivity contribution is -0.176. The number of carbonyl (C=O) groups is 2. The van der Waals surface area contributed by atoms with Crippen LogP contribution in [-0.2, 0) is 19.1 Å². The number of morpholine rings is 2. The maximum absolute atomic E-state index is 11.2. The summed E-state index contributed by atoms with van der Waals surface area (Å²) in [6.45, 7) is 1.75. The summed E-state index contributed by atoms with van der Waals surface area (Å²) in [5.74, 6) is -1.28. The first-order valence-electron chi connectivity index (χ1n) is 3.84. The van der Waals surface area contributed by atoms with Gasteiger partial charge in [-0.1, -0.05) is 0 Å². The molecule has 0 aromatic heterocycles. The Morgan fingerprint density at radius 3 is 3.00 bits per heavy atom. The summed E-state index contributed by atoms with van der Waals surface area (Å²) in [4.78, 5) is 23.5. The van der Waals surface area contributed by atoms with Gasteiger partial charge < -0.3 is 14.4 Å². The van der Waals surface area contributed by atoms with Gasteiger partial charge in [0.1, 0.15) is 6.61 Å². The molecule has 0 N–H and O–H groups in total. The van der Waals surface area contributed by atoms with E-state index in [0.29, 0.717) is 19.8 Å². The highest BCUT2D eigenvalue weighted by molar-refractivity contribution is 6.32. The summed E-state index contributed by atoms with van der Waals surface area (Å²) in [7, 11) is 0. The number of fused-ring (bicyclic) bond motifs is 1. The molecule has 12 heavy (non-hydrogen) atoms. The molecule has 0 aromatic carbocycles. The van der Waals surface area contributed by atoms with Gasteiger partial charge in [-0.25, -0.2) is 4.79 Å². The van der Waals surface area contributed by atoms with Crippen LogP contribution >= 0.6 is 0 Å². The van der Waals surface area contributed by atoms with E-state index in [2.05, 4.69) is 4.74 Å². The fraction of sp³-hybridized carbons (Fsp3) is 0.714. The molecule has 2 saturated heterocycles. The number of ether oxygens (including phenoxy) is 2. The molecule has 66 valence electrons. The number of rotatable bonds is 0. The lowest BCUT2D eigenvalue weighted by Crippen LogP contribution is -2.57. The quantitative estimate of drug-likeness (QED) is 0.338. The number of hydrogen-bond donors (Lipinski definition) is 0. The van der Waals surface area contributed by atoms with Crippen LogP contribution in [-0.4, -0.2) is 49.2 Å². The standard InChI is InChI=1S/C7H9NO4/c9-6-7(10)12-4-5-3-11-2-1-8(5)6/h5H,1-4H2. The van der Waals surface area contributed by atoms with Gasteiger partial charge in [-0.2, -0.15) is 0 Å². The second kappa shape index (κ2) is 2.75. The van der Waals surface area contributed by atoms with E-state index < -0.39 is 11.9 Å². The Morgan fingerprint density at radius 2 is 2.17 bits per heavy atom. The molecule has 1 atom stereocenters. The Bertz CT molecular complexity index is 227. The fourth-order valence-corrected chi connectivity index (χ4v) is 1.41. The third kappa shape index (κ3) is 1.06. The highest BCUT2D eigenvalue weighted by Gasteiger charge is 2.37. The minimum absolute atomic E-state index is 0.0658. The zero-order chi connectivity index (χ0) is 8.55. The predicted octanol–water partition coefficient (Wildman–Crippen LogP) is -1.23. The predicted molar refractivity (Wildman–Crippen MR) is 37.3 cm³/mol. The molecule has 0 saturated carbocycles. The average molecular weight is 171 g/mol. The van der Waals surface area contributed by atoms with E-state index >= 15 is 0 Å². The van der Waals surface area contributed by atoms with E-state index in [9.17, 15) is 9.59 Å². The van der Waals surface area contributed by atoms with Crippen molar-refractivity contribution in [3.63, 3.8) is 0 Å². The van der Waals surface area contributed by atoms with E-state index in [1.54, 1.807) is 0 Å². The van der Waals surface area contributed by atoms with Crippen molar-refractivity contribution >= 4 is 11.9 Å². The van der Waals surface area contributed by atoms with E-state index in [4.69, 9.17) is 4.74 Å². The summed E-state index contributed by atoms with van der Waals surface area (Å²) in [5.41, 5.74) is 0. The molecular weight excluding hydrogens is 162 g/mol. The summed E-state index contributed by atoms with van der Waals surface area (Å²) >= 11 is 0. The van der Waals surface area contributed by atoms with Crippen LogP contribution in [0.5, 0.6) is 0 Å². The van der Waals surface area contributed by atoms with Crippen molar-refractivity contribution in [2.45, 2.75) is 6.04 Å². The third-order valence-corrected chi connectivity index (χ3v) is 2.07. The number of nitrogens with zero attached hydrogens (tertiary/aromatic N) is 1. The van der Waals surface area contributed by atoms with Crippen molar-refractivity contribution in [3.05, 3.63) is 0 Å². The summed E-state index contributed by atoms with van der Waals surface area (Å²) in [5, 5.41) is 0. The van der Waals surface area contributed by atoms with Crippen molar-refractivity contribution in [1.82, 2.24) is 4.90 Å². The van der Waals surface area contributed by atoms with Crippen molar-refractivity contribution in [1.29, 1.82) is 0 Å². The van der Waals surface area contributed by atoms with Gasteiger partial charge >= 0.3 is 11.9 Å². The molecule has 5 nitrogen and oxygen atoms in total. The van der Waals surface area contributed by atoms with E-state index in [1.807, 2.05) is 0 Å². The lowest BCUT2D eigenvalue weighted by atomic mass is 10.2. The molecule has 2 aliphatic rings. The molecule has 2 rings (SSSR count). The molecule has 0 bridgehead atoms. The highest BCUT2D eigenvalue weighted by Crippen LogP contribution is 2.12. The molecule has 2 aliphatic heterocycles. The van der Waals surface area contributed by atoms with Gasteiger partial charge in [0.2, 0.25) is 0 Å². The van der Waals surface area contributed by atoms with E-state index in [-0.39, 0.29) is 12.6 Å². The van der Waals surface area contributed by atoms with Gasteiger partial charge in [-0.3, -0.25) is 4.79 Å². The molecule has 2 fully saturated rings. The fourth-order valence-electron chi connectivity index (χ4n) is 1.41. The van der Waals surface area contributed by atoms with Gasteiger partial charge in [0, 0.05) is 6.54 Å². The Morgan fingerprint density at radius 1 is 1.33 bits per heavy atom. The molecule has 0 aromatic rings. The monoisotopic (exact) mass is 171 g/mol. The largest absolute Gasteiger partial charge is 0.456 e. The minimum atomic E-state index is -0.742. The zero-order valence-electron chi connectivity index (χ0n) is 6.49. The van der Waals surface area contributed by atoms with Crippen LogP contribution in [0.4, 0.5) is 0 Å². The summed E-state index contributed by atoms with van der Waals surface area (Å²) < 4.78 is 9.79. The van der Waals surface area contributed by atoms with E-state index in [1.165, 1.54) is 4.90 Å². The molecule has 1 unspecified atom stereocenters. The molecule has 0 spiro atoms. The second-order valence-electron chi connectivity index (χ2n) is 2.83. The number of carbonyl (C=O) groups excluding carboxylic acids is 2. The normalized spacial score (nSPS) is 29.7. The first-order chi connectivity index (χ1) is 5.79. The van der Waals surface area contributed by atoms with Crippen molar-refractivity contribution in [2.75, 3.05) is 26.4 Å². The Kier molecular flexibility index (Phi) is 1.73. The van der Waals surface area contributed by atoms with Gasteiger partial charge in [-0.05, 0) is 0 Å². The van der Waals surface area contributed by atoms with E-state index in [0.717, 1.165) is 0 Å². The van der Waals surface area contributed by atoms with Crippen LogP contribution in [0.2, 0.25) is 0 Å². The average Bonchev–Trinajstić information content (AvgIpc) is 2.12. The Balaban J connectivity index is 2.13. The maximum Gasteiger partial charge on any atom is 0.397 e. The summed E-state index contributed by atoms with van der Waals surface area (Å²) in [6.07, 6.45) is 0. The van der Waals surface area contributed by atoms with Crippen molar-refractivity contribution < 1.29 is 19.1 Å². The number of hydrogen-bond acceptors (Lipinski definition) is 4. The Hall–Kier alpha value is -1.10.